The van der Waals surface area contributed by atoms with E-state index in [1.165, 1.54) is 13.2 Å². The fraction of sp³-hybridized carbons (Fsp3) is 0.316. The predicted octanol–water partition coefficient (Wildman–Crippen LogP) is 2.80. The van der Waals surface area contributed by atoms with Crippen LogP contribution in [0.3, 0.4) is 0 Å². The van der Waals surface area contributed by atoms with Gasteiger partial charge in [0.2, 0.25) is 0 Å². The van der Waals surface area contributed by atoms with Gasteiger partial charge in [-0.15, -0.1) is 12.4 Å². The Morgan fingerprint density at radius 3 is 2.35 bits per heavy atom. The Morgan fingerprint density at radius 2 is 1.77 bits per heavy atom. The van der Waals surface area contributed by atoms with Crippen LogP contribution in [0.2, 0.25) is 0 Å². The van der Waals surface area contributed by atoms with Crippen LogP contribution in [0.15, 0.2) is 42.5 Å². The van der Waals surface area contributed by atoms with E-state index in [0.29, 0.717) is 30.9 Å². The van der Waals surface area contributed by atoms with Crippen molar-refractivity contribution in [1.82, 2.24) is 9.80 Å². The van der Waals surface area contributed by atoms with E-state index in [0.717, 1.165) is 18.7 Å². The van der Waals surface area contributed by atoms with Crippen molar-refractivity contribution in [2.75, 3.05) is 39.0 Å². The van der Waals surface area contributed by atoms with Crippen molar-refractivity contribution in [2.45, 2.75) is 6.54 Å². The highest BCUT2D eigenvalue weighted by molar-refractivity contribution is 5.94. The quantitative estimate of drug-likeness (QED) is 0.830. The number of rotatable bonds is 4. The molecule has 0 radical (unpaired) electrons. The number of nitrogen functional groups attached to an aromatic ring is 1. The molecular weight excluding hydrogens is 357 g/mol. The first kappa shape index (κ1) is 20.0. The Bertz CT molecular complexity index is 747. The monoisotopic (exact) mass is 379 g/mol. The van der Waals surface area contributed by atoms with Crippen LogP contribution in [0.1, 0.15) is 15.9 Å². The molecule has 0 unspecified atom stereocenters. The third-order valence-corrected chi connectivity index (χ3v) is 4.44. The highest BCUT2D eigenvalue weighted by atomic mass is 35.5. The van der Waals surface area contributed by atoms with Crippen LogP contribution in [-0.4, -0.2) is 49.0 Å². The number of anilines is 1. The van der Waals surface area contributed by atoms with Gasteiger partial charge in [-0.05, 0) is 42.0 Å². The molecule has 140 valence electrons. The molecule has 0 atom stereocenters. The van der Waals surface area contributed by atoms with Gasteiger partial charge in [0.1, 0.15) is 0 Å². The van der Waals surface area contributed by atoms with Crippen LogP contribution >= 0.6 is 12.4 Å². The maximum atomic E-state index is 13.8. The number of carbonyl (C=O) groups is 1. The van der Waals surface area contributed by atoms with E-state index in [9.17, 15) is 9.18 Å². The van der Waals surface area contributed by atoms with Gasteiger partial charge in [-0.1, -0.05) is 6.07 Å². The smallest absolute Gasteiger partial charge is 0.253 e. The first-order chi connectivity index (χ1) is 12.1. The normalized spacial score (nSPS) is 14.6. The molecule has 1 aliphatic rings. The summed E-state index contributed by atoms with van der Waals surface area (Å²) in [5, 5.41) is 0. The Hall–Kier alpha value is -2.31. The van der Waals surface area contributed by atoms with E-state index in [1.807, 2.05) is 11.0 Å². The molecule has 0 saturated carbocycles. The first-order valence-electron chi connectivity index (χ1n) is 8.26. The number of hydrogen-bond acceptors (Lipinski definition) is 4. The molecule has 26 heavy (non-hydrogen) atoms. The van der Waals surface area contributed by atoms with Crippen LogP contribution < -0.4 is 10.5 Å². The van der Waals surface area contributed by atoms with Crippen molar-refractivity contribution in [3.05, 3.63) is 59.4 Å². The summed E-state index contributed by atoms with van der Waals surface area (Å²) in [7, 11) is 1.45. The van der Waals surface area contributed by atoms with Crippen LogP contribution in [0.5, 0.6) is 5.75 Å². The molecule has 1 heterocycles. The van der Waals surface area contributed by atoms with Gasteiger partial charge in [0.05, 0.1) is 7.11 Å². The van der Waals surface area contributed by atoms with Crippen molar-refractivity contribution in [2.24, 2.45) is 0 Å². The van der Waals surface area contributed by atoms with Crippen molar-refractivity contribution in [3.8, 4) is 5.75 Å². The van der Waals surface area contributed by atoms with Gasteiger partial charge >= 0.3 is 0 Å². The molecule has 0 aliphatic carbocycles. The first-order valence-corrected chi connectivity index (χ1v) is 8.26. The van der Waals surface area contributed by atoms with E-state index in [-0.39, 0.29) is 29.9 Å². The van der Waals surface area contributed by atoms with Gasteiger partial charge in [-0.3, -0.25) is 9.69 Å². The number of ether oxygens (including phenoxy) is 1. The third kappa shape index (κ3) is 4.65. The van der Waals surface area contributed by atoms with Crippen molar-refractivity contribution >= 4 is 24.0 Å². The number of nitrogens with zero attached hydrogens (tertiary/aromatic N) is 2. The third-order valence-electron chi connectivity index (χ3n) is 4.44. The number of nitrogens with two attached hydrogens (primary N) is 1. The van der Waals surface area contributed by atoms with Crippen molar-refractivity contribution in [3.63, 3.8) is 0 Å². The molecule has 1 aliphatic heterocycles. The van der Waals surface area contributed by atoms with Crippen LogP contribution in [0, 0.1) is 5.82 Å². The van der Waals surface area contributed by atoms with Crippen molar-refractivity contribution in [1.29, 1.82) is 0 Å². The van der Waals surface area contributed by atoms with E-state index in [1.54, 1.807) is 30.3 Å². The largest absolute Gasteiger partial charge is 0.494 e. The Kier molecular flexibility index (Phi) is 6.83. The molecule has 3 rings (SSSR count). The topological polar surface area (TPSA) is 58.8 Å². The summed E-state index contributed by atoms with van der Waals surface area (Å²) in [5.74, 6) is -0.0741. The van der Waals surface area contributed by atoms with E-state index in [4.69, 9.17) is 10.5 Å². The summed E-state index contributed by atoms with van der Waals surface area (Å²) < 4.78 is 18.7. The zero-order valence-electron chi connectivity index (χ0n) is 14.7. The fourth-order valence-electron chi connectivity index (χ4n) is 2.98. The van der Waals surface area contributed by atoms with Gasteiger partial charge in [-0.25, -0.2) is 4.39 Å². The second-order valence-electron chi connectivity index (χ2n) is 6.16. The second-order valence-corrected chi connectivity index (χ2v) is 6.16. The molecule has 0 spiro atoms. The van der Waals surface area contributed by atoms with E-state index >= 15 is 0 Å². The average molecular weight is 380 g/mol. The Morgan fingerprint density at radius 1 is 1.12 bits per heavy atom. The zero-order valence-corrected chi connectivity index (χ0v) is 15.5. The Balaban J connectivity index is 0.00000243. The molecule has 5 nitrogen and oxygen atoms in total. The molecule has 2 aromatic carbocycles. The number of benzene rings is 2. The number of carbonyl (C=O) groups excluding carboxylic acids is 1. The minimum absolute atomic E-state index is 0. The predicted molar refractivity (Wildman–Crippen MR) is 102 cm³/mol. The molecule has 2 N–H and O–H groups in total. The summed E-state index contributed by atoms with van der Waals surface area (Å²) in [6, 6.07) is 12.0. The maximum absolute atomic E-state index is 13.8. The lowest BCUT2D eigenvalue weighted by Crippen LogP contribution is -2.48. The number of piperazine rings is 1. The Labute approximate surface area is 158 Å². The van der Waals surface area contributed by atoms with Gasteiger partial charge < -0.3 is 15.4 Å². The lowest BCUT2D eigenvalue weighted by Gasteiger charge is -2.34. The molecular formula is C19H23ClFN3O2. The van der Waals surface area contributed by atoms with Gasteiger partial charge in [0, 0.05) is 44.0 Å². The summed E-state index contributed by atoms with van der Waals surface area (Å²) >= 11 is 0. The molecule has 1 fully saturated rings. The van der Waals surface area contributed by atoms with Gasteiger partial charge in [-0.2, -0.15) is 0 Å². The standard InChI is InChI=1S/C19H22FN3O2.ClH/c1-25-18-7-2-14(12-17(18)20)13-22-8-10-23(11-9-22)19(24)15-3-5-16(21)6-4-15;/h2-7,12H,8-11,13,21H2,1H3;1H. The maximum Gasteiger partial charge on any atom is 0.253 e. The second kappa shape index (κ2) is 8.87. The summed E-state index contributed by atoms with van der Waals surface area (Å²) in [4.78, 5) is 16.6. The van der Waals surface area contributed by atoms with Gasteiger partial charge in [0.15, 0.2) is 11.6 Å². The summed E-state index contributed by atoms with van der Waals surface area (Å²) in [6.07, 6.45) is 0. The van der Waals surface area contributed by atoms with Crippen LogP contribution in [-0.2, 0) is 6.54 Å². The van der Waals surface area contributed by atoms with Crippen LogP contribution in [0.4, 0.5) is 10.1 Å². The lowest BCUT2D eigenvalue weighted by atomic mass is 10.1. The van der Waals surface area contributed by atoms with Crippen molar-refractivity contribution < 1.29 is 13.9 Å². The van der Waals surface area contributed by atoms with Crippen LogP contribution in [0.25, 0.3) is 0 Å². The molecule has 1 amide bonds. The highest BCUT2D eigenvalue weighted by Gasteiger charge is 2.22. The number of amides is 1. The number of halogens is 2. The van der Waals surface area contributed by atoms with E-state index in [2.05, 4.69) is 4.90 Å². The highest BCUT2D eigenvalue weighted by Crippen LogP contribution is 2.19. The van der Waals surface area contributed by atoms with E-state index < -0.39 is 0 Å². The molecule has 0 aromatic heterocycles. The summed E-state index contributed by atoms with van der Waals surface area (Å²) in [6.45, 7) is 3.48. The SMILES string of the molecule is COc1ccc(CN2CCN(C(=O)c3ccc(N)cc3)CC2)cc1F.Cl. The minimum Gasteiger partial charge on any atom is -0.494 e. The minimum atomic E-state index is -0.350. The number of methoxy groups -OCH3 is 1. The zero-order chi connectivity index (χ0) is 17.8. The lowest BCUT2D eigenvalue weighted by molar-refractivity contribution is 0.0628. The number of hydrogen-bond donors (Lipinski definition) is 1. The summed E-state index contributed by atoms with van der Waals surface area (Å²) in [5.41, 5.74) is 7.86. The van der Waals surface area contributed by atoms with Gasteiger partial charge in [0.25, 0.3) is 5.91 Å². The molecule has 1 saturated heterocycles. The molecule has 7 heteroatoms. The molecule has 2 aromatic rings. The fourth-order valence-corrected chi connectivity index (χ4v) is 2.98. The average Bonchev–Trinajstić information content (AvgIpc) is 2.63. The molecule has 0 bridgehead atoms.